The Balaban J connectivity index is 1.95. The van der Waals surface area contributed by atoms with E-state index in [1.54, 1.807) is 56.3 Å². The maximum Gasteiger partial charge on any atom is 0.244 e. The predicted octanol–water partition coefficient (Wildman–Crippen LogP) is 2.82. The number of carbonyl (C=O) groups is 2. The number of ether oxygens (including phenoxy) is 2. The molecule has 0 radical (unpaired) electrons. The van der Waals surface area contributed by atoms with Gasteiger partial charge in [0.2, 0.25) is 21.8 Å². The van der Waals surface area contributed by atoms with E-state index in [9.17, 15) is 18.0 Å². The Bertz CT molecular complexity index is 1170. The molecule has 0 spiro atoms. The molecule has 2 amide bonds. The zero-order valence-electron chi connectivity index (χ0n) is 20.0. The monoisotopic (exact) mass is 523 g/mol. The van der Waals surface area contributed by atoms with Crippen LogP contribution in [-0.4, -0.2) is 63.2 Å². The van der Waals surface area contributed by atoms with Crippen molar-refractivity contribution in [2.24, 2.45) is 0 Å². The molecule has 0 aromatic heterocycles. The number of anilines is 1. The molecular weight excluding hydrogens is 494 g/mol. The molecule has 9 nitrogen and oxygen atoms in total. The largest absolute Gasteiger partial charge is 0.486 e. The van der Waals surface area contributed by atoms with Gasteiger partial charge in [0.1, 0.15) is 25.8 Å². The van der Waals surface area contributed by atoms with E-state index >= 15 is 0 Å². The van der Waals surface area contributed by atoms with Crippen LogP contribution in [0.3, 0.4) is 0 Å². The van der Waals surface area contributed by atoms with Gasteiger partial charge in [-0.1, -0.05) is 23.7 Å². The molecule has 0 saturated carbocycles. The molecule has 0 bridgehead atoms. The summed E-state index contributed by atoms with van der Waals surface area (Å²) in [6.45, 7) is 5.63. The fourth-order valence-corrected chi connectivity index (χ4v) is 4.91. The number of rotatable bonds is 10. The molecule has 3 rings (SSSR count). The van der Waals surface area contributed by atoms with Gasteiger partial charge in [-0.15, -0.1) is 0 Å². The first-order valence-electron chi connectivity index (χ1n) is 11.4. The van der Waals surface area contributed by atoms with Crippen LogP contribution in [0.15, 0.2) is 42.5 Å². The van der Waals surface area contributed by atoms with Gasteiger partial charge in [-0.05, 0) is 50.6 Å². The van der Waals surface area contributed by atoms with Gasteiger partial charge in [-0.3, -0.25) is 13.9 Å². The molecule has 35 heavy (non-hydrogen) atoms. The van der Waals surface area contributed by atoms with Crippen LogP contribution in [0.5, 0.6) is 11.5 Å². The number of benzene rings is 2. The summed E-state index contributed by atoms with van der Waals surface area (Å²) in [6, 6.07) is 10.8. The van der Waals surface area contributed by atoms with Crippen molar-refractivity contribution in [3.8, 4) is 11.5 Å². The SMILES string of the molecule is CCNC(=O)[C@H](C)N(Cc1cccc(Cl)c1)C(=O)CN(c1ccc2c(c1)OCCO2)S(=O)(=O)CC. The molecule has 1 aliphatic heterocycles. The summed E-state index contributed by atoms with van der Waals surface area (Å²) >= 11 is 6.11. The van der Waals surface area contributed by atoms with E-state index in [1.807, 2.05) is 0 Å². The third kappa shape index (κ3) is 6.58. The molecule has 2 aromatic rings. The Hall–Kier alpha value is -2.98. The lowest BCUT2D eigenvalue weighted by atomic mass is 10.1. The van der Waals surface area contributed by atoms with Crippen LogP contribution >= 0.6 is 11.6 Å². The standard InChI is InChI=1S/C24H30ClN3O6S/c1-4-26-24(30)17(3)27(15-18-7-6-8-19(25)13-18)23(29)16-28(35(31,32)5-2)20-9-10-21-22(14-20)34-12-11-33-21/h6-10,13-14,17H,4-5,11-12,15-16H2,1-3H3,(H,26,30)/t17-/m0/s1. The first-order valence-corrected chi connectivity index (χ1v) is 13.4. The van der Waals surface area contributed by atoms with Gasteiger partial charge in [0, 0.05) is 24.2 Å². The Morgan fingerprint density at radius 3 is 2.46 bits per heavy atom. The van der Waals surface area contributed by atoms with Gasteiger partial charge in [0.25, 0.3) is 0 Å². The Morgan fingerprint density at radius 1 is 1.09 bits per heavy atom. The number of hydrogen-bond acceptors (Lipinski definition) is 6. The maximum absolute atomic E-state index is 13.6. The van der Waals surface area contributed by atoms with Crippen LogP contribution in [0.4, 0.5) is 5.69 Å². The van der Waals surface area contributed by atoms with Gasteiger partial charge in [-0.2, -0.15) is 0 Å². The van der Waals surface area contributed by atoms with E-state index in [-0.39, 0.29) is 23.9 Å². The number of carbonyl (C=O) groups excluding carboxylic acids is 2. The molecule has 0 aliphatic carbocycles. The number of amides is 2. The van der Waals surface area contributed by atoms with Gasteiger partial charge < -0.3 is 19.7 Å². The zero-order valence-corrected chi connectivity index (χ0v) is 21.6. The lowest BCUT2D eigenvalue weighted by molar-refractivity contribution is -0.139. The fraction of sp³-hybridized carbons (Fsp3) is 0.417. The molecule has 0 unspecified atom stereocenters. The quantitative estimate of drug-likeness (QED) is 0.513. The fourth-order valence-electron chi connectivity index (χ4n) is 3.64. The highest BCUT2D eigenvalue weighted by Crippen LogP contribution is 2.35. The molecule has 11 heteroatoms. The number of hydrogen-bond donors (Lipinski definition) is 1. The molecule has 2 aromatic carbocycles. The molecule has 1 N–H and O–H groups in total. The van der Waals surface area contributed by atoms with Crippen molar-refractivity contribution in [1.29, 1.82) is 0 Å². The summed E-state index contributed by atoms with van der Waals surface area (Å²) in [7, 11) is -3.84. The van der Waals surface area contributed by atoms with Gasteiger partial charge in [0.15, 0.2) is 11.5 Å². The molecule has 190 valence electrons. The summed E-state index contributed by atoms with van der Waals surface area (Å²) < 4.78 is 38.2. The number of sulfonamides is 1. The summed E-state index contributed by atoms with van der Waals surface area (Å²) in [5, 5.41) is 3.21. The maximum atomic E-state index is 13.6. The van der Waals surface area contributed by atoms with Crippen molar-refractivity contribution in [3.05, 3.63) is 53.1 Å². The summed E-state index contributed by atoms with van der Waals surface area (Å²) in [4.78, 5) is 27.5. The van der Waals surface area contributed by atoms with Crippen molar-refractivity contribution >= 4 is 39.1 Å². The smallest absolute Gasteiger partial charge is 0.244 e. The lowest BCUT2D eigenvalue weighted by Crippen LogP contribution is -2.51. The second kappa shape index (κ2) is 11.6. The number of fused-ring (bicyclic) bond motifs is 1. The van der Waals surface area contributed by atoms with E-state index < -0.39 is 28.5 Å². The highest BCUT2D eigenvalue weighted by Gasteiger charge is 2.31. The van der Waals surface area contributed by atoms with Crippen molar-refractivity contribution in [2.75, 3.05) is 36.4 Å². The Labute approximate surface area is 211 Å². The van der Waals surface area contributed by atoms with E-state index in [0.29, 0.717) is 41.8 Å². The molecule has 1 heterocycles. The van der Waals surface area contributed by atoms with Crippen molar-refractivity contribution in [1.82, 2.24) is 10.2 Å². The third-order valence-corrected chi connectivity index (χ3v) is 7.53. The van der Waals surface area contributed by atoms with Crippen molar-refractivity contribution in [3.63, 3.8) is 0 Å². The van der Waals surface area contributed by atoms with Crippen molar-refractivity contribution < 1.29 is 27.5 Å². The second-order valence-corrected chi connectivity index (χ2v) is 10.6. The van der Waals surface area contributed by atoms with Crippen molar-refractivity contribution in [2.45, 2.75) is 33.4 Å². The normalized spacial score (nSPS) is 13.6. The van der Waals surface area contributed by atoms with Crippen LogP contribution in [0, 0.1) is 0 Å². The minimum atomic E-state index is -3.84. The second-order valence-electron chi connectivity index (χ2n) is 7.96. The molecule has 0 fully saturated rings. The van der Waals surface area contributed by atoms with Gasteiger partial charge >= 0.3 is 0 Å². The zero-order chi connectivity index (χ0) is 25.6. The molecule has 0 saturated heterocycles. The number of likely N-dealkylation sites (N-methyl/N-ethyl adjacent to an activating group) is 1. The summed E-state index contributed by atoms with van der Waals surface area (Å²) in [6.07, 6.45) is 0. The van der Waals surface area contributed by atoms with Crippen LogP contribution in [0.1, 0.15) is 26.3 Å². The van der Waals surface area contributed by atoms with Crippen LogP contribution < -0.4 is 19.1 Å². The lowest BCUT2D eigenvalue weighted by Gasteiger charge is -2.32. The van der Waals surface area contributed by atoms with E-state index in [2.05, 4.69) is 5.32 Å². The molecule has 1 aliphatic rings. The Morgan fingerprint density at radius 2 is 1.80 bits per heavy atom. The predicted molar refractivity (Wildman–Crippen MR) is 134 cm³/mol. The van der Waals surface area contributed by atoms with E-state index in [4.69, 9.17) is 21.1 Å². The summed E-state index contributed by atoms with van der Waals surface area (Å²) in [5.41, 5.74) is 0.990. The number of halogens is 1. The topological polar surface area (TPSA) is 105 Å². The number of nitrogens with one attached hydrogen (secondary N) is 1. The number of nitrogens with zero attached hydrogens (tertiary/aromatic N) is 2. The highest BCUT2D eigenvalue weighted by atomic mass is 35.5. The van der Waals surface area contributed by atoms with E-state index in [1.165, 1.54) is 11.8 Å². The minimum Gasteiger partial charge on any atom is -0.486 e. The summed E-state index contributed by atoms with van der Waals surface area (Å²) in [5.74, 6) is -0.172. The van der Waals surface area contributed by atoms with Gasteiger partial charge in [-0.25, -0.2) is 8.42 Å². The van der Waals surface area contributed by atoms with Crippen LogP contribution in [-0.2, 0) is 26.2 Å². The Kier molecular flexibility index (Phi) is 8.85. The highest BCUT2D eigenvalue weighted by molar-refractivity contribution is 7.92. The van der Waals surface area contributed by atoms with E-state index in [0.717, 1.165) is 4.31 Å². The minimum absolute atomic E-state index is 0.0822. The average Bonchev–Trinajstić information content (AvgIpc) is 2.85. The molecule has 1 atom stereocenters. The average molecular weight is 524 g/mol. The third-order valence-electron chi connectivity index (χ3n) is 5.55. The van der Waals surface area contributed by atoms with Gasteiger partial charge in [0.05, 0.1) is 11.4 Å². The van der Waals surface area contributed by atoms with Crippen LogP contribution in [0.25, 0.3) is 0 Å². The first-order chi connectivity index (χ1) is 16.7. The molecular formula is C24H30ClN3O6S. The first kappa shape index (κ1) is 26.6. The van der Waals surface area contributed by atoms with Crippen LogP contribution in [0.2, 0.25) is 5.02 Å².